The molecule has 8 nitrogen and oxygen atoms in total. The second-order valence-corrected chi connectivity index (χ2v) is 11.7. The van der Waals surface area contributed by atoms with E-state index < -0.39 is 23.8 Å². The van der Waals surface area contributed by atoms with E-state index in [1.807, 2.05) is 0 Å². The molecule has 1 unspecified atom stereocenters. The summed E-state index contributed by atoms with van der Waals surface area (Å²) in [5.41, 5.74) is 2.29. The van der Waals surface area contributed by atoms with Gasteiger partial charge in [-0.3, -0.25) is 4.98 Å². The van der Waals surface area contributed by atoms with Crippen molar-refractivity contribution in [1.29, 1.82) is 10.5 Å². The van der Waals surface area contributed by atoms with Gasteiger partial charge in [-0.15, -0.1) is 5.10 Å². The highest BCUT2D eigenvalue weighted by Gasteiger charge is 2.54. The van der Waals surface area contributed by atoms with Gasteiger partial charge in [-0.2, -0.15) is 10.5 Å². The molecule has 11 heteroatoms. The zero-order chi connectivity index (χ0) is 29.5. The van der Waals surface area contributed by atoms with Crippen LogP contribution in [0.4, 0.5) is 24.5 Å². The number of nitrogens with one attached hydrogen (secondary N) is 2. The molecule has 0 aliphatic heterocycles. The van der Waals surface area contributed by atoms with Crippen LogP contribution in [0.2, 0.25) is 0 Å². The number of hydrogen-bond donors (Lipinski definition) is 2. The van der Waals surface area contributed by atoms with Gasteiger partial charge in [-0.25, -0.2) is 17.9 Å². The fourth-order valence-corrected chi connectivity index (χ4v) is 4.84. The maximum absolute atomic E-state index is 14.0. The lowest BCUT2D eigenvalue weighted by Crippen LogP contribution is -2.26. The van der Waals surface area contributed by atoms with Gasteiger partial charge in [-0.1, -0.05) is 32.1 Å². The van der Waals surface area contributed by atoms with Crippen molar-refractivity contribution in [1.82, 2.24) is 20.0 Å². The Morgan fingerprint density at radius 1 is 1.10 bits per heavy atom. The quantitative estimate of drug-likeness (QED) is 0.256. The molecule has 2 aromatic carbocycles. The maximum atomic E-state index is 14.0. The van der Waals surface area contributed by atoms with Crippen LogP contribution in [0, 0.1) is 40.8 Å². The highest BCUT2D eigenvalue weighted by atomic mass is 19.3. The van der Waals surface area contributed by atoms with Crippen LogP contribution in [0.1, 0.15) is 67.6 Å². The van der Waals surface area contributed by atoms with Crippen molar-refractivity contribution < 1.29 is 13.2 Å². The molecule has 2 N–H and O–H groups in total. The lowest BCUT2D eigenvalue weighted by atomic mass is 9.96. The molecule has 0 radical (unpaired) electrons. The number of alkyl halides is 2. The van der Waals surface area contributed by atoms with E-state index in [1.54, 1.807) is 25.1 Å². The molecule has 1 aliphatic carbocycles. The summed E-state index contributed by atoms with van der Waals surface area (Å²) in [5.74, 6) is -0.412. The summed E-state index contributed by atoms with van der Waals surface area (Å²) < 4.78 is 42.9. The Morgan fingerprint density at radius 2 is 1.83 bits per heavy atom. The Balaban J connectivity index is 1.63. The van der Waals surface area contributed by atoms with Crippen molar-refractivity contribution in [3.8, 4) is 12.1 Å². The molecular formula is C30H29F3N8. The third-order valence-corrected chi connectivity index (χ3v) is 7.29. The van der Waals surface area contributed by atoms with Crippen LogP contribution in [-0.4, -0.2) is 32.9 Å². The van der Waals surface area contributed by atoms with E-state index >= 15 is 0 Å². The number of nitriles is 2. The van der Waals surface area contributed by atoms with Gasteiger partial charge in [0.1, 0.15) is 29.2 Å². The molecule has 0 bridgehead atoms. The van der Waals surface area contributed by atoms with Crippen LogP contribution < -0.4 is 10.6 Å². The van der Waals surface area contributed by atoms with E-state index in [1.165, 1.54) is 29.2 Å². The Bertz CT molecular complexity index is 1700. The average molecular weight is 559 g/mol. The van der Waals surface area contributed by atoms with Crippen molar-refractivity contribution in [3.63, 3.8) is 0 Å². The molecule has 1 saturated carbocycles. The molecule has 210 valence electrons. The van der Waals surface area contributed by atoms with Crippen LogP contribution in [-0.2, 0) is 5.54 Å². The summed E-state index contributed by atoms with van der Waals surface area (Å²) in [5, 5.41) is 35.4. The summed E-state index contributed by atoms with van der Waals surface area (Å²) in [6, 6.07) is 11.4. The van der Waals surface area contributed by atoms with E-state index in [0.717, 1.165) is 0 Å². The summed E-state index contributed by atoms with van der Waals surface area (Å²) in [7, 11) is 0. The smallest absolute Gasteiger partial charge is 0.263 e. The van der Waals surface area contributed by atoms with Crippen LogP contribution in [0.15, 0.2) is 42.7 Å². The predicted octanol–water partition coefficient (Wildman–Crippen LogP) is 6.43. The molecule has 1 atom stereocenters. The van der Waals surface area contributed by atoms with Crippen molar-refractivity contribution >= 4 is 22.3 Å². The van der Waals surface area contributed by atoms with Gasteiger partial charge >= 0.3 is 0 Å². The number of halogens is 3. The second kappa shape index (κ2) is 10.4. The largest absolute Gasteiger partial charge is 0.383 e. The zero-order valence-electron chi connectivity index (χ0n) is 23.1. The number of benzene rings is 2. The van der Waals surface area contributed by atoms with Crippen LogP contribution in [0.3, 0.4) is 0 Å². The fourth-order valence-electron chi connectivity index (χ4n) is 4.84. The van der Waals surface area contributed by atoms with Gasteiger partial charge in [0.15, 0.2) is 0 Å². The molecule has 1 aliphatic rings. The second-order valence-electron chi connectivity index (χ2n) is 11.7. The Kier molecular flexibility index (Phi) is 7.08. The number of hydrogen-bond acceptors (Lipinski definition) is 7. The van der Waals surface area contributed by atoms with E-state index in [9.17, 15) is 23.7 Å². The van der Waals surface area contributed by atoms with E-state index in [0.29, 0.717) is 64.0 Å². The molecule has 0 amide bonds. The standard InChI is InChI=1S/C30H29F3N8/c1-17-9-20(31)5-6-22(17)27(24-15-41(40-39-24)30(7-8-30)28(32)33)38-21-10-18(12-34)25-23(11-21)26(19(13-35)14-36-25)37-16-29(2,3)4/h5-6,9-11,14-15,27-28,38H,7-8,16H2,1-4H3,(H,36,37). The molecular weight excluding hydrogens is 529 g/mol. The summed E-state index contributed by atoms with van der Waals surface area (Å²) >= 11 is 0. The topological polar surface area (TPSA) is 115 Å². The molecule has 4 aromatic rings. The first-order chi connectivity index (χ1) is 19.5. The normalized spacial score (nSPS) is 14.9. The molecule has 0 spiro atoms. The number of aryl methyl sites for hydroxylation is 1. The first-order valence-corrected chi connectivity index (χ1v) is 13.2. The predicted molar refractivity (Wildman–Crippen MR) is 149 cm³/mol. The monoisotopic (exact) mass is 558 g/mol. The van der Waals surface area contributed by atoms with Crippen LogP contribution in [0.25, 0.3) is 10.9 Å². The lowest BCUT2D eigenvalue weighted by Gasteiger charge is -2.23. The molecule has 2 heterocycles. The van der Waals surface area contributed by atoms with Gasteiger partial charge in [-0.05, 0) is 60.6 Å². The zero-order valence-corrected chi connectivity index (χ0v) is 23.1. The van der Waals surface area contributed by atoms with Gasteiger partial charge in [0.05, 0.1) is 34.6 Å². The maximum Gasteiger partial charge on any atom is 0.263 e. The van der Waals surface area contributed by atoms with Gasteiger partial charge in [0, 0.05) is 23.8 Å². The molecule has 0 saturated heterocycles. The summed E-state index contributed by atoms with van der Waals surface area (Å²) in [4.78, 5) is 4.39. The average Bonchev–Trinajstić information content (AvgIpc) is 3.60. The van der Waals surface area contributed by atoms with Crippen molar-refractivity contribution in [2.45, 2.75) is 58.5 Å². The minimum Gasteiger partial charge on any atom is -0.383 e. The highest BCUT2D eigenvalue weighted by molar-refractivity contribution is 5.99. The Hall–Kier alpha value is -4.64. The van der Waals surface area contributed by atoms with Gasteiger partial charge in [0.2, 0.25) is 0 Å². The number of pyridine rings is 1. The third-order valence-electron chi connectivity index (χ3n) is 7.29. The minimum atomic E-state index is -2.59. The Morgan fingerprint density at radius 3 is 2.44 bits per heavy atom. The minimum absolute atomic E-state index is 0.0928. The first kappa shape index (κ1) is 27.9. The van der Waals surface area contributed by atoms with E-state index in [-0.39, 0.29) is 11.0 Å². The molecule has 5 rings (SSSR count). The third kappa shape index (κ3) is 5.40. The summed E-state index contributed by atoms with van der Waals surface area (Å²) in [6.45, 7) is 8.49. The van der Waals surface area contributed by atoms with Gasteiger partial charge in [0.25, 0.3) is 6.43 Å². The van der Waals surface area contributed by atoms with Crippen molar-refractivity contribution in [2.75, 3.05) is 17.2 Å². The van der Waals surface area contributed by atoms with E-state index in [4.69, 9.17) is 0 Å². The molecule has 2 aromatic heterocycles. The SMILES string of the molecule is Cc1cc(F)ccc1C(Nc1cc(C#N)c2ncc(C#N)c(NCC(C)(C)C)c2c1)c1cn(C2(C(F)F)CC2)nn1. The highest BCUT2D eigenvalue weighted by Crippen LogP contribution is 2.48. The number of anilines is 2. The molecule has 1 fully saturated rings. The fraction of sp³-hybridized carbons (Fsp3) is 0.367. The number of nitrogens with zero attached hydrogens (tertiary/aromatic N) is 6. The number of rotatable bonds is 8. The van der Waals surface area contributed by atoms with Crippen LogP contribution >= 0.6 is 0 Å². The van der Waals surface area contributed by atoms with Crippen molar-refractivity contribution in [2.24, 2.45) is 5.41 Å². The summed E-state index contributed by atoms with van der Waals surface area (Å²) in [6.07, 6.45) is 0.959. The molecule has 41 heavy (non-hydrogen) atoms. The van der Waals surface area contributed by atoms with Crippen LogP contribution in [0.5, 0.6) is 0 Å². The first-order valence-electron chi connectivity index (χ1n) is 13.2. The number of fused-ring (bicyclic) bond motifs is 1. The van der Waals surface area contributed by atoms with Gasteiger partial charge < -0.3 is 10.6 Å². The van der Waals surface area contributed by atoms with E-state index in [2.05, 4.69) is 58.8 Å². The van der Waals surface area contributed by atoms with Crippen molar-refractivity contribution in [3.05, 3.63) is 76.5 Å². The lowest BCUT2D eigenvalue weighted by molar-refractivity contribution is 0.0593. The number of aromatic nitrogens is 4. The Labute approximate surface area is 235 Å².